The Kier molecular flexibility index (Phi) is 10.5. The van der Waals surface area contributed by atoms with E-state index in [0.29, 0.717) is 0 Å². The molecular formula is C12H20N2O6. The van der Waals surface area contributed by atoms with E-state index in [1.165, 1.54) is 28.1 Å². The van der Waals surface area contributed by atoms with E-state index in [1.54, 1.807) is 6.92 Å². The molecule has 0 aromatic carbocycles. The maximum absolute atomic E-state index is 10.6. The van der Waals surface area contributed by atoms with Gasteiger partial charge in [-0.25, -0.2) is 9.59 Å². The highest BCUT2D eigenvalue weighted by Gasteiger charge is 2.12. The van der Waals surface area contributed by atoms with Crippen LogP contribution in [0.1, 0.15) is 20.8 Å². The van der Waals surface area contributed by atoms with Crippen molar-refractivity contribution in [2.45, 2.75) is 26.8 Å². The molecule has 0 aliphatic heterocycles. The molecule has 0 bridgehead atoms. The van der Waals surface area contributed by atoms with Gasteiger partial charge in [-0.3, -0.25) is 9.59 Å². The summed E-state index contributed by atoms with van der Waals surface area (Å²) in [5.41, 5.74) is -0.0463. The molecule has 0 aliphatic rings. The van der Waals surface area contributed by atoms with Gasteiger partial charge in [0.05, 0.1) is 14.2 Å². The number of carbonyl (C=O) groups is 4. The Labute approximate surface area is 117 Å². The summed E-state index contributed by atoms with van der Waals surface area (Å²) in [6.45, 7) is 7.45. The van der Waals surface area contributed by atoms with Gasteiger partial charge in [-0.2, -0.15) is 0 Å². The van der Waals surface area contributed by atoms with Crippen molar-refractivity contribution in [2.75, 3.05) is 14.2 Å². The maximum Gasteiger partial charge on any atom is 0.353 e. The second-order valence-electron chi connectivity index (χ2n) is 3.60. The van der Waals surface area contributed by atoms with Gasteiger partial charge in [0.1, 0.15) is 11.7 Å². The lowest BCUT2D eigenvalue weighted by Crippen LogP contribution is -2.37. The molecule has 0 saturated carbocycles. The van der Waals surface area contributed by atoms with Crippen LogP contribution in [0.3, 0.4) is 0 Å². The van der Waals surface area contributed by atoms with Crippen molar-refractivity contribution < 1.29 is 28.7 Å². The summed E-state index contributed by atoms with van der Waals surface area (Å²) in [6.07, 6.45) is 0. The highest BCUT2D eigenvalue weighted by atomic mass is 16.5. The van der Waals surface area contributed by atoms with E-state index in [9.17, 15) is 19.2 Å². The van der Waals surface area contributed by atoms with E-state index in [4.69, 9.17) is 0 Å². The lowest BCUT2D eigenvalue weighted by atomic mass is 10.3. The molecule has 0 heterocycles. The number of esters is 2. The van der Waals surface area contributed by atoms with Gasteiger partial charge in [0, 0.05) is 13.8 Å². The van der Waals surface area contributed by atoms with E-state index >= 15 is 0 Å². The van der Waals surface area contributed by atoms with Crippen molar-refractivity contribution in [3.05, 3.63) is 12.3 Å². The fourth-order valence-corrected chi connectivity index (χ4v) is 0.927. The van der Waals surface area contributed by atoms with Crippen LogP contribution in [0.25, 0.3) is 0 Å². The zero-order chi connectivity index (χ0) is 16.3. The van der Waals surface area contributed by atoms with Crippen molar-refractivity contribution in [2.24, 2.45) is 0 Å². The maximum atomic E-state index is 10.6. The number of rotatable bonds is 4. The Morgan fingerprint density at radius 2 is 1.50 bits per heavy atom. The van der Waals surface area contributed by atoms with Gasteiger partial charge in [-0.1, -0.05) is 6.58 Å². The minimum Gasteiger partial charge on any atom is -0.467 e. The number of amides is 2. The number of hydrogen-bond acceptors (Lipinski definition) is 6. The summed E-state index contributed by atoms with van der Waals surface area (Å²) in [4.78, 5) is 41.8. The van der Waals surface area contributed by atoms with Crippen molar-refractivity contribution in [1.29, 1.82) is 0 Å². The highest BCUT2D eigenvalue weighted by Crippen LogP contribution is 1.86. The average Bonchev–Trinajstić information content (AvgIpc) is 2.35. The average molecular weight is 288 g/mol. The van der Waals surface area contributed by atoms with Crippen LogP contribution in [0.5, 0.6) is 0 Å². The van der Waals surface area contributed by atoms with Crippen LogP contribution in [-0.2, 0) is 28.7 Å². The van der Waals surface area contributed by atoms with Crippen LogP contribution in [-0.4, -0.2) is 44.0 Å². The first kappa shape index (κ1) is 19.9. The normalized spacial score (nSPS) is 10.1. The standard InChI is InChI=1S/C6H11NO3.C6H9NO3/c2*1-4(6(9)10-3)7-5(2)8/h4H,1-3H3,(H,7,8);1H2,2-3H3,(H,7,8). The van der Waals surface area contributed by atoms with Gasteiger partial charge in [-0.15, -0.1) is 0 Å². The van der Waals surface area contributed by atoms with Crippen molar-refractivity contribution in [3.63, 3.8) is 0 Å². The Hall–Kier alpha value is -2.38. The van der Waals surface area contributed by atoms with E-state index in [-0.39, 0.29) is 17.5 Å². The predicted octanol–water partition coefficient (Wildman–Crippen LogP) is -0.507. The zero-order valence-corrected chi connectivity index (χ0v) is 12.2. The summed E-state index contributed by atoms with van der Waals surface area (Å²) in [7, 11) is 2.50. The summed E-state index contributed by atoms with van der Waals surface area (Å²) in [5.74, 6) is -1.64. The van der Waals surface area contributed by atoms with Gasteiger partial charge in [0.15, 0.2) is 0 Å². The lowest BCUT2D eigenvalue weighted by molar-refractivity contribution is -0.144. The van der Waals surface area contributed by atoms with Gasteiger partial charge < -0.3 is 20.1 Å². The number of ether oxygens (including phenoxy) is 2. The number of hydrogen-bond donors (Lipinski definition) is 2. The molecule has 2 N–H and O–H groups in total. The third-order valence-corrected chi connectivity index (χ3v) is 1.73. The predicted molar refractivity (Wildman–Crippen MR) is 70.3 cm³/mol. The van der Waals surface area contributed by atoms with E-state index < -0.39 is 18.0 Å². The third kappa shape index (κ3) is 10.8. The largest absolute Gasteiger partial charge is 0.467 e. The van der Waals surface area contributed by atoms with Crippen LogP contribution in [0, 0.1) is 0 Å². The number of carbonyl (C=O) groups excluding carboxylic acids is 4. The van der Waals surface area contributed by atoms with Crippen LogP contribution < -0.4 is 10.6 Å². The van der Waals surface area contributed by atoms with Crippen molar-refractivity contribution in [1.82, 2.24) is 10.6 Å². The molecule has 114 valence electrons. The van der Waals surface area contributed by atoms with Crippen LogP contribution in [0.15, 0.2) is 12.3 Å². The minimum absolute atomic E-state index is 0.0463. The number of nitrogens with one attached hydrogen (secondary N) is 2. The summed E-state index contributed by atoms with van der Waals surface area (Å²) >= 11 is 0. The molecule has 0 aliphatic carbocycles. The van der Waals surface area contributed by atoms with Crippen LogP contribution in [0.4, 0.5) is 0 Å². The monoisotopic (exact) mass is 288 g/mol. The Balaban J connectivity index is 0. The molecule has 0 saturated heterocycles. The molecule has 0 radical (unpaired) electrons. The van der Waals surface area contributed by atoms with E-state index in [0.717, 1.165) is 0 Å². The molecule has 0 aromatic rings. The quantitative estimate of drug-likeness (QED) is 0.532. The molecule has 0 fully saturated rings. The fraction of sp³-hybridized carbons (Fsp3) is 0.500. The number of methoxy groups -OCH3 is 2. The second kappa shape index (κ2) is 10.5. The molecular weight excluding hydrogens is 268 g/mol. The second-order valence-corrected chi connectivity index (χ2v) is 3.60. The van der Waals surface area contributed by atoms with E-state index in [2.05, 4.69) is 26.7 Å². The van der Waals surface area contributed by atoms with E-state index in [1.807, 2.05) is 0 Å². The summed E-state index contributed by atoms with van der Waals surface area (Å²) in [6, 6.07) is -0.553. The summed E-state index contributed by atoms with van der Waals surface area (Å²) in [5, 5.41) is 4.57. The first-order valence-corrected chi connectivity index (χ1v) is 5.55. The lowest BCUT2D eigenvalue weighted by Gasteiger charge is -2.08. The third-order valence-electron chi connectivity index (χ3n) is 1.73. The van der Waals surface area contributed by atoms with Gasteiger partial charge in [-0.05, 0) is 6.92 Å². The molecule has 2 amide bonds. The summed E-state index contributed by atoms with van der Waals surface area (Å²) < 4.78 is 8.62. The zero-order valence-electron chi connectivity index (χ0n) is 12.2. The SMILES string of the molecule is C=C(NC(C)=O)C(=O)OC.COC(=O)C(C)NC(C)=O. The van der Waals surface area contributed by atoms with Crippen molar-refractivity contribution >= 4 is 23.8 Å². The van der Waals surface area contributed by atoms with Gasteiger partial charge >= 0.3 is 11.9 Å². The molecule has 1 unspecified atom stereocenters. The molecule has 0 aromatic heterocycles. The van der Waals surface area contributed by atoms with Gasteiger partial charge in [0.2, 0.25) is 11.8 Å². The Morgan fingerprint density at radius 3 is 1.80 bits per heavy atom. The van der Waals surface area contributed by atoms with Gasteiger partial charge in [0.25, 0.3) is 0 Å². The molecule has 8 heteroatoms. The van der Waals surface area contributed by atoms with Crippen LogP contribution >= 0.6 is 0 Å². The molecule has 0 rings (SSSR count). The Morgan fingerprint density at radius 1 is 1.00 bits per heavy atom. The highest BCUT2D eigenvalue weighted by molar-refractivity contribution is 5.92. The first-order chi connectivity index (χ1) is 9.15. The topological polar surface area (TPSA) is 111 Å². The fourth-order valence-electron chi connectivity index (χ4n) is 0.927. The molecule has 8 nitrogen and oxygen atoms in total. The van der Waals surface area contributed by atoms with Crippen LogP contribution in [0.2, 0.25) is 0 Å². The molecule has 20 heavy (non-hydrogen) atoms. The van der Waals surface area contributed by atoms with Crippen molar-refractivity contribution in [3.8, 4) is 0 Å². The first-order valence-electron chi connectivity index (χ1n) is 5.55. The smallest absolute Gasteiger partial charge is 0.353 e. The molecule has 1 atom stereocenters. The molecule has 0 spiro atoms. The Bertz CT molecular complexity index is 391. The minimum atomic E-state index is -0.629.